The molecule has 2 aromatic carbocycles. The molecule has 0 amide bonds. The Morgan fingerprint density at radius 3 is 2.55 bits per heavy atom. The molecule has 0 saturated carbocycles. The van der Waals surface area contributed by atoms with Crippen LogP contribution in [0.4, 0.5) is 5.69 Å². The quantitative estimate of drug-likeness (QED) is 0.459. The number of hydrogen-bond donors (Lipinski definition) is 2. The van der Waals surface area contributed by atoms with Gasteiger partial charge in [0.2, 0.25) is 10.0 Å². The first-order chi connectivity index (χ1) is 14.9. The Morgan fingerprint density at radius 1 is 1.13 bits per heavy atom. The maximum Gasteiger partial charge on any atom is 0.236 e. The van der Waals surface area contributed by atoms with Crippen molar-refractivity contribution in [3.05, 3.63) is 59.7 Å². The predicted octanol–water partition coefficient (Wildman–Crippen LogP) is 2.75. The van der Waals surface area contributed by atoms with E-state index in [4.69, 9.17) is 4.74 Å². The fourth-order valence-corrected chi connectivity index (χ4v) is 5.16. The summed E-state index contributed by atoms with van der Waals surface area (Å²) < 4.78 is 32.3. The minimum absolute atomic E-state index is 0.0181. The van der Waals surface area contributed by atoms with Gasteiger partial charge in [-0.2, -0.15) is 0 Å². The van der Waals surface area contributed by atoms with E-state index in [0.29, 0.717) is 25.0 Å². The first-order valence-electron chi connectivity index (χ1n) is 10.6. The van der Waals surface area contributed by atoms with Gasteiger partial charge in [-0.1, -0.05) is 37.3 Å². The molecule has 1 aliphatic rings. The number of guanidine groups is 1. The molecule has 0 bridgehead atoms. The van der Waals surface area contributed by atoms with Crippen LogP contribution in [0.3, 0.4) is 0 Å². The number of aliphatic imine (C=N–C) groups is 1. The number of rotatable bonds is 9. The molecule has 168 valence electrons. The highest BCUT2D eigenvalue weighted by Crippen LogP contribution is 2.29. The summed E-state index contributed by atoms with van der Waals surface area (Å²) in [4.78, 5) is 4.20. The number of sulfonamides is 1. The highest BCUT2D eigenvalue weighted by molar-refractivity contribution is 7.92. The van der Waals surface area contributed by atoms with Gasteiger partial charge < -0.3 is 15.4 Å². The lowest BCUT2D eigenvalue weighted by Gasteiger charge is -2.20. The topological polar surface area (TPSA) is 83.0 Å². The zero-order valence-corrected chi connectivity index (χ0v) is 19.3. The van der Waals surface area contributed by atoms with E-state index >= 15 is 0 Å². The Hall–Kier alpha value is -2.74. The summed E-state index contributed by atoms with van der Waals surface area (Å²) >= 11 is 0. The highest BCUT2D eigenvalue weighted by atomic mass is 32.2. The largest absolute Gasteiger partial charge is 0.497 e. The molecule has 0 spiro atoms. The van der Waals surface area contributed by atoms with Crippen LogP contribution in [-0.4, -0.2) is 53.9 Å². The van der Waals surface area contributed by atoms with Gasteiger partial charge >= 0.3 is 0 Å². The van der Waals surface area contributed by atoms with Gasteiger partial charge in [0, 0.05) is 26.7 Å². The molecule has 3 rings (SSSR count). The molecule has 31 heavy (non-hydrogen) atoms. The lowest BCUT2D eigenvalue weighted by atomic mass is 9.98. The molecule has 0 aliphatic carbocycles. The zero-order valence-electron chi connectivity index (χ0n) is 18.5. The summed E-state index contributed by atoms with van der Waals surface area (Å²) in [5, 5.41) is 6.39. The molecule has 2 N–H and O–H groups in total. The minimum Gasteiger partial charge on any atom is -0.497 e. The van der Waals surface area contributed by atoms with Crippen molar-refractivity contribution in [3.8, 4) is 5.75 Å². The minimum atomic E-state index is -3.38. The molecule has 7 nitrogen and oxygen atoms in total. The summed E-state index contributed by atoms with van der Waals surface area (Å²) in [7, 11) is -0.0243. The Kier molecular flexibility index (Phi) is 7.79. The van der Waals surface area contributed by atoms with E-state index in [1.807, 2.05) is 36.4 Å². The number of nitrogens with one attached hydrogen (secondary N) is 2. The van der Waals surface area contributed by atoms with Gasteiger partial charge in [-0.15, -0.1) is 0 Å². The number of benzene rings is 2. The Morgan fingerprint density at radius 2 is 1.84 bits per heavy atom. The van der Waals surface area contributed by atoms with Gasteiger partial charge in [0.25, 0.3) is 0 Å². The SMILES string of the molecule is CN=C(NCCC(C)c1ccc(OC)cc1)NCCS(=O)(=O)N1CCc2ccccc21. The number of fused-ring (bicyclic) bond motifs is 1. The van der Waals surface area contributed by atoms with Crippen LogP contribution in [0, 0.1) is 0 Å². The maximum absolute atomic E-state index is 12.8. The van der Waals surface area contributed by atoms with Crippen LogP contribution >= 0.6 is 0 Å². The molecule has 1 heterocycles. The number of para-hydroxylation sites is 1. The third kappa shape index (κ3) is 5.91. The Balaban J connectivity index is 1.43. The van der Waals surface area contributed by atoms with Crippen LogP contribution in [0.2, 0.25) is 0 Å². The third-order valence-electron chi connectivity index (χ3n) is 5.61. The number of hydrogen-bond acceptors (Lipinski definition) is 4. The van der Waals surface area contributed by atoms with Gasteiger partial charge in [0.1, 0.15) is 5.75 Å². The van der Waals surface area contributed by atoms with Crippen molar-refractivity contribution in [3.63, 3.8) is 0 Å². The predicted molar refractivity (Wildman–Crippen MR) is 127 cm³/mol. The van der Waals surface area contributed by atoms with Gasteiger partial charge in [0.05, 0.1) is 18.6 Å². The van der Waals surface area contributed by atoms with Gasteiger partial charge in [-0.3, -0.25) is 9.30 Å². The lowest BCUT2D eigenvalue weighted by molar-refractivity contribution is 0.414. The van der Waals surface area contributed by atoms with Crippen LogP contribution in [0.15, 0.2) is 53.5 Å². The second-order valence-electron chi connectivity index (χ2n) is 7.66. The summed E-state index contributed by atoms with van der Waals surface area (Å²) in [5.74, 6) is 1.86. The van der Waals surface area contributed by atoms with Crippen molar-refractivity contribution in [1.29, 1.82) is 0 Å². The van der Waals surface area contributed by atoms with Crippen LogP contribution in [0.5, 0.6) is 5.75 Å². The third-order valence-corrected chi connectivity index (χ3v) is 7.38. The number of ether oxygens (including phenoxy) is 1. The van der Waals surface area contributed by atoms with Crippen molar-refractivity contribution in [2.45, 2.75) is 25.7 Å². The lowest BCUT2D eigenvalue weighted by Crippen LogP contribution is -2.42. The number of methoxy groups -OCH3 is 1. The summed E-state index contributed by atoms with van der Waals surface area (Å²) in [6, 6.07) is 15.8. The molecule has 1 aliphatic heterocycles. The maximum atomic E-state index is 12.8. The molecule has 2 aromatic rings. The molecule has 0 fully saturated rings. The van der Waals surface area contributed by atoms with E-state index in [1.54, 1.807) is 14.2 Å². The van der Waals surface area contributed by atoms with Crippen molar-refractivity contribution in [1.82, 2.24) is 10.6 Å². The second-order valence-corrected chi connectivity index (χ2v) is 9.67. The molecule has 0 saturated heterocycles. The van der Waals surface area contributed by atoms with Crippen LogP contribution in [-0.2, 0) is 16.4 Å². The van der Waals surface area contributed by atoms with E-state index in [2.05, 4.69) is 34.7 Å². The van der Waals surface area contributed by atoms with Crippen molar-refractivity contribution >= 4 is 21.7 Å². The van der Waals surface area contributed by atoms with Crippen LogP contribution in [0.25, 0.3) is 0 Å². The fraction of sp³-hybridized carbons (Fsp3) is 0.435. The van der Waals surface area contributed by atoms with E-state index in [-0.39, 0.29) is 5.75 Å². The number of nitrogens with zero attached hydrogens (tertiary/aromatic N) is 2. The van der Waals surface area contributed by atoms with E-state index in [1.165, 1.54) is 9.87 Å². The molecule has 0 radical (unpaired) electrons. The van der Waals surface area contributed by atoms with Crippen molar-refractivity contribution in [2.75, 3.05) is 43.8 Å². The van der Waals surface area contributed by atoms with Gasteiger partial charge in [-0.25, -0.2) is 8.42 Å². The van der Waals surface area contributed by atoms with Crippen molar-refractivity contribution < 1.29 is 13.2 Å². The van der Waals surface area contributed by atoms with E-state index in [9.17, 15) is 8.42 Å². The molecular formula is C23H32N4O3S. The molecule has 1 atom stereocenters. The van der Waals surface area contributed by atoms with Crippen LogP contribution < -0.4 is 19.7 Å². The van der Waals surface area contributed by atoms with Crippen molar-refractivity contribution in [2.24, 2.45) is 4.99 Å². The van der Waals surface area contributed by atoms with Crippen LogP contribution in [0.1, 0.15) is 30.4 Å². The average Bonchev–Trinajstić information content (AvgIpc) is 3.23. The molecule has 8 heteroatoms. The smallest absolute Gasteiger partial charge is 0.236 e. The molecule has 1 unspecified atom stereocenters. The average molecular weight is 445 g/mol. The van der Waals surface area contributed by atoms with E-state index < -0.39 is 10.0 Å². The first-order valence-corrected chi connectivity index (χ1v) is 12.2. The first kappa shape index (κ1) is 22.9. The standard InChI is InChI=1S/C23H32N4O3S/c1-18(19-8-10-21(30-3)11-9-19)12-14-25-23(24-2)26-15-17-31(28,29)27-16-13-20-6-4-5-7-22(20)27/h4-11,18H,12-17H2,1-3H3,(H2,24,25,26). The fourth-order valence-electron chi connectivity index (χ4n) is 3.73. The normalized spacial score (nSPS) is 14.8. The van der Waals surface area contributed by atoms with Gasteiger partial charge in [-0.05, 0) is 48.1 Å². The molecular weight excluding hydrogens is 412 g/mol. The van der Waals surface area contributed by atoms with Gasteiger partial charge in [0.15, 0.2) is 5.96 Å². The second kappa shape index (κ2) is 10.5. The zero-order chi connectivity index (χ0) is 22.3. The Bertz CT molecular complexity index is 990. The highest BCUT2D eigenvalue weighted by Gasteiger charge is 2.28. The molecule has 0 aromatic heterocycles. The summed E-state index contributed by atoms with van der Waals surface area (Å²) in [5.41, 5.74) is 3.14. The van der Waals surface area contributed by atoms with E-state index in [0.717, 1.165) is 36.4 Å². The summed E-state index contributed by atoms with van der Waals surface area (Å²) in [6.07, 6.45) is 1.69. The Labute approximate surface area is 185 Å². The number of anilines is 1. The monoisotopic (exact) mass is 444 g/mol. The summed E-state index contributed by atoms with van der Waals surface area (Å²) in [6.45, 7) is 3.73.